The van der Waals surface area contributed by atoms with Crippen molar-refractivity contribution in [3.63, 3.8) is 0 Å². The van der Waals surface area contributed by atoms with Gasteiger partial charge in [-0.05, 0) is 49.4 Å². The molecule has 2 heterocycles. The predicted octanol–water partition coefficient (Wildman–Crippen LogP) is 2.76. The van der Waals surface area contributed by atoms with Gasteiger partial charge in [-0.1, -0.05) is 18.2 Å². The minimum Gasteiger partial charge on any atom is -0.393 e. The first-order valence-electron chi connectivity index (χ1n) is 9.40. The minimum absolute atomic E-state index is 0.0114. The average molecular weight is 364 g/mol. The lowest BCUT2D eigenvalue weighted by Crippen LogP contribution is -2.41. The monoisotopic (exact) mass is 364 g/mol. The highest BCUT2D eigenvalue weighted by molar-refractivity contribution is 5.80. The van der Waals surface area contributed by atoms with Crippen molar-refractivity contribution < 1.29 is 9.90 Å². The van der Waals surface area contributed by atoms with Crippen molar-refractivity contribution in [1.82, 2.24) is 20.1 Å². The first-order chi connectivity index (χ1) is 13.1. The maximum atomic E-state index is 12.6. The van der Waals surface area contributed by atoms with Gasteiger partial charge in [0.15, 0.2) is 0 Å². The predicted molar refractivity (Wildman–Crippen MR) is 103 cm³/mol. The molecule has 0 bridgehead atoms. The van der Waals surface area contributed by atoms with Gasteiger partial charge in [0, 0.05) is 30.7 Å². The number of fused-ring (bicyclic) bond motifs is 1. The summed E-state index contributed by atoms with van der Waals surface area (Å²) in [7, 11) is 0. The summed E-state index contributed by atoms with van der Waals surface area (Å²) in [6.07, 6.45) is 5.24. The van der Waals surface area contributed by atoms with Crippen LogP contribution in [0, 0.1) is 12.8 Å². The van der Waals surface area contributed by atoms with Crippen LogP contribution in [0.3, 0.4) is 0 Å². The first-order valence-corrected chi connectivity index (χ1v) is 9.40. The fourth-order valence-corrected chi connectivity index (χ4v) is 3.68. The number of amides is 1. The molecule has 27 heavy (non-hydrogen) atoms. The molecule has 1 fully saturated rings. The number of aryl methyl sites for hydroxylation is 2. The largest absolute Gasteiger partial charge is 0.393 e. The van der Waals surface area contributed by atoms with E-state index in [0.29, 0.717) is 25.8 Å². The van der Waals surface area contributed by atoms with Gasteiger partial charge < -0.3 is 10.4 Å². The van der Waals surface area contributed by atoms with Gasteiger partial charge in [0.05, 0.1) is 23.4 Å². The van der Waals surface area contributed by atoms with Crippen LogP contribution in [0.25, 0.3) is 10.9 Å². The van der Waals surface area contributed by atoms with Gasteiger partial charge in [-0.2, -0.15) is 5.10 Å². The Hall–Kier alpha value is -2.73. The lowest BCUT2D eigenvalue weighted by atomic mass is 9.75. The number of pyridine rings is 1. The third-order valence-corrected chi connectivity index (χ3v) is 5.25. The molecule has 1 unspecified atom stereocenters. The number of nitrogens with zero attached hydrogens (tertiary/aromatic N) is 3. The number of benzene rings is 1. The van der Waals surface area contributed by atoms with E-state index in [2.05, 4.69) is 21.5 Å². The van der Waals surface area contributed by atoms with E-state index in [1.54, 1.807) is 4.68 Å². The van der Waals surface area contributed by atoms with Gasteiger partial charge in [-0.3, -0.25) is 14.5 Å². The normalized spacial score (nSPS) is 20.2. The smallest absolute Gasteiger partial charge is 0.222 e. The molecule has 6 heteroatoms. The Balaban J connectivity index is 1.49. The Morgan fingerprint density at radius 1 is 1.33 bits per heavy atom. The van der Waals surface area contributed by atoms with Crippen molar-refractivity contribution in [3.8, 4) is 0 Å². The zero-order valence-electron chi connectivity index (χ0n) is 15.4. The van der Waals surface area contributed by atoms with Crippen LogP contribution < -0.4 is 5.32 Å². The Labute approximate surface area is 158 Å². The molecule has 1 aliphatic rings. The van der Waals surface area contributed by atoms with Gasteiger partial charge >= 0.3 is 0 Å². The standard InChI is InChI=1S/C21H24N4O2/c1-14-6-8-25(24-14)9-7-20(27)23-21(16-11-18(26)12-16)17-10-15-4-2-3-5-19(15)22-13-17/h2-6,8,10,13,16,18,21,26H,7,9,11-12H2,1H3,(H,23,27). The second kappa shape index (κ2) is 7.48. The summed E-state index contributed by atoms with van der Waals surface area (Å²) in [5, 5.41) is 18.3. The molecular formula is C21H24N4O2. The van der Waals surface area contributed by atoms with Crippen LogP contribution in [0.4, 0.5) is 0 Å². The Kier molecular flexibility index (Phi) is 4.90. The van der Waals surface area contributed by atoms with Crippen LogP contribution in [0.5, 0.6) is 0 Å². The SMILES string of the molecule is Cc1ccn(CCC(=O)NC(c2cnc3ccccc3c2)C2CC(O)C2)n1. The summed E-state index contributed by atoms with van der Waals surface area (Å²) in [6.45, 7) is 2.48. The zero-order chi connectivity index (χ0) is 18.8. The molecule has 2 N–H and O–H groups in total. The van der Waals surface area contributed by atoms with E-state index in [-0.39, 0.29) is 24.0 Å². The second-order valence-corrected chi connectivity index (χ2v) is 7.36. The number of carbonyl (C=O) groups is 1. The molecular weight excluding hydrogens is 340 g/mol. The minimum atomic E-state index is -0.269. The molecule has 4 rings (SSSR count). The highest BCUT2D eigenvalue weighted by Gasteiger charge is 2.35. The molecule has 1 amide bonds. The number of hydrogen-bond acceptors (Lipinski definition) is 4. The number of aliphatic hydroxyl groups excluding tert-OH is 1. The number of aromatic nitrogens is 3. The Morgan fingerprint density at radius 3 is 2.89 bits per heavy atom. The number of carbonyl (C=O) groups excluding carboxylic acids is 1. The number of rotatable bonds is 6. The molecule has 0 spiro atoms. The number of hydrogen-bond donors (Lipinski definition) is 2. The van der Waals surface area contributed by atoms with E-state index in [1.807, 2.05) is 49.6 Å². The maximum Gasteiger partial charge on any atom is 0.222 e. The summed E-state index contributed by atoms with van der Waals surface area (Å²) in [4.78, 5) is 17.1. The molecule has 0 saturated heterocycles. The third kappa shape index (κ3) is 4.01. The van der Waals surface area contributed by atoms with Gasteiger partial charge in [0.2, 0.25) is 5.91 Å². The fraction of sp³-hybridized carbons (Fsp3) is 0.381. The lowest BCUT2D eigenvalue weighted by molar-refractivity contribution is -0.123. The van der Waals surface area contributed by atoms with Crippen molar-refractivity contribution >= 4 is 16.8 Å². The fourth-order valence-electron chi connectivity index (χ4n) is 3.68. The van der Waals surface area contributed by atoms with E-state index in [4.69, 9.17) is 0 Å². The summed E-state index contributed by atoms with van der Waals surface area (Å²) in [5.74, 6) is 0.224. The molecule has 1 aliphatic carbocycles. The van der Waals surface area contributed by atoms with Crippen LogP contribution in [0.1, 0.15) is 36.6 Å². The molecule has 0 radical (unpaired) electrons. The Bertz CT molecular complexity index is 946. The maximum absolute atomic E-state index is 12.6. The van der Waals surface area contributed by atoms with Gasteiger partial charge in [0.1, 0.15) is 0 Å². The van der Waals surface area contributed by atoms with Crippen LogP contribution in [0.15, 0.2) is 48.8 Å². The van der Waals surface area contributed by atoms with Crippen molar-refractivity contribution in [1.29, 1.82) is 0 Å². The van der Waals surface area contributed by atoms with Crippen molar-refractivity contribution in [2.24, 2.45) is 5.92 Å². The van der Waals surface area contributed by atoms with E-state index >= 15 is 0 Å². The molecule has 1 saturated carbocycles. The Morgan fingerprint density at radius 2 is 2.15 bits per heavy atom. The van der Waals surface area contributed by atoms with Gasteiger partial charge in [0.25, 0.3) is 0 Å². The number of aliphatic hydroxyl groups is 1. The number of para-hydroxylation sites is 1. The second-order valence-electron chi connectivity index (χ2n) is 7.36. The molecule has 140 valence electrons. The highest BCUT2D eigenvalue weighted by Crippen LogP contribution is 2.38. The van der Waals surface area contributed by atoms with Crippen molar-refractivity contribution in [2.75, 3.05) is 0 Å². The lowest BCUT2D eigenvalue weighted by Gasteiger charge is -2.38. The van der Waals surface area contributed by atoms with Crippen LogP contribution >= 0.6 is 0 Å². The molecule has 1 aromatic carbocycles. The molecule has 3 aromatic rings. The molecule has 0 aliphatic heterocycles. The summed E-state index contributed by atoms with van der Waals surface area (Å²) in [5.41, 5.74) is 2.88. The molecule has 1 atom stereocenters. The quantitative estimate of drug-likeness (QED) is 0.705. The van der Waals surface area contributed by atoms with Gasteiger partial charge in [-0.15, -0.1) is 0 Å². The highest BCUT2D eigenvalue weighted by atomic mass is 16.3. The van der Waals surface area contributed by atoms with Crippen LogP contribution in [-0.2, 0) is 11.3 Å². The topological polar surface area (TPSA) is 80.0 Å². The average Bonchev–Trinajstić information content (AvgIpc) is 3.07. The number of nitrogens with one attached hydrogen (secondary N) is 1. The van der Waals surface area contributed by atoms with E-state index in [0.717, 1.165) is 22.2 Å². The summed E-state index contributed by atoms with van der Waals surface area (Å²) in [6, 6.07) is 11.9. The van der Waals surface area contributed by atoms with Crippen LogP contribution in [0.2, 0.25) is 0 Å². The molecule has 6 nitrogen and oxygen atoms in total. The van der Waals surface area contributed by atoms with E-state index in [1.165, 1.54) is 0 Å². The van der Waals surface area contributed by atoms with Crippen molar-refractivity contribution in [2.45, 2.75) is 44.9 Å². The summed E-state index contributed by atoms with van der Waals surface area (Å²) >= 11 is 0. The third-order valence-electron chi connectivity index (χ3n) is 5.25. The van der Waals surface area contributed by atoms with Crippen molar-refractivity contribution in [3.05, 3.63) is 60.0 Å². The van der Waals surface area contributed by atoms with Gasteiger partial charge in [-0.25, -0.2) is 0 Å². The van der Waals surface area contributed by atoms with Crippen LogP contribution in [-0.4, -0.2) is 31.9 Å². The van der Waals surface area contributed by atoms with E-state index in [9.17, 15) is 9.90 Å². The molecule has 2 aromatic heterocycles. The van der Waals surface area contributed by atoms with E-state index < -0.39 is 0 Å². The first kappa shape index (κ1) is 17.7. The zero-order valence-corrected chi connectivity index (χ0v) is 15.4. The summed E-state index contributed by atoms with van der Waals surface area (Å²) < 4.78 is 1.79.